The lowest BCUT2D eigenvalue weighted by Gasteiger charge is -2.42. The molecule has 1 aliphatic rings. The fourth-order valence-corrected chi connectivity index (χ4v) is 4.16. The molecule has 0 saturated carbocycles. The summed E-state index contributed by atoms with van der Waals surface area (Å²) in [5.74, 6) is 4.82. The highest BCUT2D eigenvalue weighted by molar-refractivity contribution is 6.02. The van der Waals surface area contributed by atoms with E-state index in [1.807, 2.05) is 18.2 Å². The third-order valence-electron chi connectivity index (χ3n) is 5.58. The van der Waals surface area contributed by atoms with Crippen LogP contribution >= 0.6 is 0 Å². The van der Waals surface area contributed by atoms with E-state index >= 15 is 4.39 Å². The molecule has 0 spiro atoms. The Balaban J connectivity index is 1.90. The van der Waals surface area contributed by atoms with E-state index in [0.29, 0.717) is 18.2 Å². The van der Waals surface area contributed by atoms with Crippen LogP contribution in [-0.2, 0) is 13.0 Å². The lowest BCUT2D eigenvalue weighted by molar-refractivity contribution is 0.161. The van der Waals surface area contributed by atoms with Crippen LogP contribution in [0, 0.1) is 17.1 Å². The highest BCUT2D eigenvalue weighted by Gasteiger charge is 2.29. The minimum Gasteiger partial charge on any atom is -0.368 e. The number of piperazine rings is 1. The van der Waals surface area contributed by atoms with Crippen molar-refractivity contribution in [2.45, 2.75) is 46.2 Å². The van der Waals surface area contributed by atoms with Gasteiger partial charge in [-0.25, -0.2) is 4.39 Å². The zero-order chi connectivity index (χ0) is 22.4. The molecular formula is C22H31FN8. The van der Waals surface area contributed by atoms with Gasteiger partial charge in [-0.2, -0.15) is 10.2 Å². The molecule has 9 heteroatoms. The average molecular weight is 427 g/mol. The number of hydrogen-bond donors (Lipinski definition) is 2. The second-order valence-electron chi connectivity index (χ2n) is 8.33. The van der Waals surface area contributed by atoms with Crippen molar-refractivity contribution in [1.29, 1.82) is 5.41 Å². The summed E-state index contributed by atoms with van der Waals surface area (Å²) >= 11 is 0. The Kier molecular flexibility index (Phi) is 7.62. The number of hydrogen-bond acceptors (Lipinski definition) is 6. The number of benzene rings is 1. The van der Waals surface area contributed by atoms with Gasteiger partial charge in [-0.3, -0.25) is 10.3 Å². The van der Waals surface area contributed by atoms with E-state index in [1.165, 1.54) is 6.07 Å². The van der Waals surface area contributed by atoms with E-state index in [0.717, 1.165) is 43.7 Å². The van der Waals surface area contributed by atoms with E-state index in [4.69, 9.17) is 11.3 Å². The van der Waals surface area contributed by atoms with E-state index in [1.54, 1.807) is 6.20 Å². The zero-order valence-corrected chi connectivity index (χ0v) is 18.4. The topological polar surface area (TPSA) is 107 Å². The molecule has 2 heterocycles. The molecule has 1 atom stereocenters. The highest BCUT2D eigenvalue weighted by atomic mass is 19.1. The predicted molar refractivity (Wildman–Crippen MR) is 120 cm³/mol. The van der Waals surface area contributed by atoms with Crippen LogP contribution in [0.4, 0.5) is 10.1 Å². The Hall–Kier alpha value is -2.94. The summed E-state index contributed by atoms with van der Waals surface area (Å²) in [4.78, 5) is 4.55. The molecule has 31 heavy (non-hydrogen) atoms. The third-order valence-corrected chi connectivity index (χ3v) is 5.58. The summed E-state index contributed by atoms with van der Waals surface area (Å²) in [6.07, 6.45) is 3.38. The molecule has 3 rings (SSSR count). The first-order chi connectivity index (χ1) is 14.9. The number of anilines is 1. The van der Waals surface area contributed by atoms with Crippen molar-refractivity contribution in [2.75, 3.05) is 24.5 Å². The molecule has 1 saturated heterocycles. The molecule has 0 radical (unpaired) electrons. The van der Waals surface area contributed by atoms with Crippen molar-refractivity contribution < 1.29 is 4.39 Å². The molecule has 2 aromatic rings. The smallest absolute Gasteiger partial charge is 0.181 e. The number of rotatable bonds is 7. The van der Waals surface area contributed by atoms with Gasteiger partial charge in [0.15, 0.2) is 5.84 Å². The van der Waals surface area contributed by atoms with Gasteiger partial charge in [0.1, 0.15) is 5.82 Å². The second-order valence-corrected chi connectivity index (χ2v) is 8.33. The fourth-order valence-electron chi connectivity index (χ4n) is 4.16. The molecule has 3 N–H and O–H groups in total. The van der Waals surface area contributed by atoms with Crippen LogP contribution in [0.2, 0.25) is 0 Å². The van der Waals surface area contributed by atoms with Gasteiger partial charge in [0.25, 0.3) is 0 Å². The van der Waals surface area contributed by atoms with E-state index in [9.17, 15) is 0 Å². The first-order valence-electron chi connectivity index (χ1n) is 10.7. The van der Waals surface area contributed by atoms with Gasteiger partial charge >= 0.3 is 0 Å². The van der Waals surface area contributed by atoms with Crippen LogP contribution in [0.25, 0.3) is 0 Å². The highest BCUT2D eigenvalue weighted by Crippen LogP contribution is 2.30. The quantitative estimate of drug-likeness (QED) is 0.231. The first kappa shape index (κ1) is 22.7. The standard InChI is InChI=1S/C22H31FN8/c1-4-18-14-31(9-8-30(18)13-17-6-5-7-26-27-17)20-12-16(10-15(2)3)11-19(23)21(20)22(24)28-29-25/h5-7,11-12,15,18H,4,8-10,13-14H2,1-3H3,(H3,24,25,28). The zero-order valence-electron chi connectivity index (χ0n) is 18.4. The number of nitrogens with one attached hydrogen (secondary N) is 1. The number of nitrogens with two attached hydrogens (primary N) is 1. The maximum Gasteiger partial charge on any atom is 0.181 e. The van der Waals surface area contributed by atoms with Gasteiger partial charge in [-0.15, -0.1) is 5.11 Å². The molecule has 0 aliphatic carbocycles. The van der Waals surface area contributed by atoms with E-state index in [2.05, 4.69) is 51.1 Å². The van der Waals surface area contributed by atoms with Gasteiger partial charge < -0.3 is 10.7 Å². The lowest BCUT2D eigenvalue weighted by atomic mass is 9.98. The summed E-state index contributed by atoms with van der Waals surface area (Å²) in [6, 6.07) is 7.64. The summed E-state index contributed by atoms with van der Waals surface area (Å²) < 4.78 is 15.1. The van der Waals surface area contributed by atoms with Crippen LogP contribution in [0.15, 0.2) is 40.8 Å². The van der Waals surface area contributed by atoms with Crippen LogP contribution in [0.3, 0.4) is 0 Å². The monoisotopic (exact) mass is 426 g/mol. The van der Waals surface area contributed by atoms with Crippen molar-refractivity contribution >= 4 is 11.5 Å². The Morgan fingerprint density at radius 1 is 1.35 bits per heavy atom. The number of aromatic nitrogens is 2. The molecule has 1 fully saturated rings. The molecule has 1 aromatic heterocycles. The minimum atomic E-state index is -0.458. The van der Waals surface area contributed by atoms with Crippen LogP contribution in [0.5, 0.6) is 0 Å². The summed E-state index contributed by atoms with van der Waals surface area (Å²) in [5, 5.41) is 23.2. The van der Waals surface area contributed by atoms with Crippen molar-refractivity contribution in [2.24, 2.45) is 22.1 Å². The maximum atomic E-state index is 15.1. The molecule has 0 bridgehead atoms. The molecular weight excluding hydrogens is 395 g/mol. The summed E-state index contributed by atoms with van der Waals surface area (Å²) in [7, 11) is 0. The number of halogens is 1. The second kappa shape index (κ2) is 10.4. The fraction of sp³-hybridized carbons (Fsp3) is 0.500. The molecule has 1 aromatic carbocycles. The van der Waals surface area contributed by atoms with Gasteiger partial charge in [0, 0.05) is 38.4 Å². The maximum absolute atomic E-state index is 15.1. The lowest BCUT2D eigenvalue weighted by Crippen LogP contribution is -2.53. The Morgan fingerprint density at radius 2 is 2.16 bits per heavy atom. The predicted octanol–water partition coefficient (Wildman–Crippen LogP) is 3.57. The number of nitrogens with zero attached hydrogens (tertiary/aromatic N) is 6. The largest absolute Gasteiger partial charge is 0.368 e. The van der Waals surface area contributed by atoms with Crippen LogP contribution in [0.1, 0.15) is 44.0 Å². The Labute approximate surface area is 182 Å². The van der Waals surface area contributed by atoms with E-state index < -0.39 is 5.82 Å². The van der Waals surface area contributed by atoms with Gasteiger partial charge in [-0.1, -0.05) is 26.0 Å². The first-order valence-corrected chi connectivity index (χ1v) is 10.7. The van der Waals surface area contributed by atoms with E-state index in [-0.39, 0.29) is 17.4 Å². The normalized spacial score (nSPS) is 17.6. The third kappa shape index (κ3) is 5.61. The van der Waals surface area contributed by atoms with Crippen molar-refractivity contribution in [1.82, 2.24) is 15.1 Å². The van der Waals surface area contributed by atoms with Crippen LogP contribution < -0.4 is 10.7 Å². The summed E-state index contributed by atoms with van der Waals surface area (Å²) in [6.45, 7) is 9.33. The number of amidine groups is 1. The summed E-state index contributed by atoms with van der Waals surface area (Å²) in [5.41, 5.74) is 2.69. The Morgan fingerprint density at radius 3 is 2.81 bits per heavy atom. The van der Waals surface area contributed by atoms with Crippen molar-refractivity contribution in [3.05, 3.63) is 53.1 Å². The molecule has 1 unspecified atom stereocenters. The molecule has 1 aliphatic heterocycles. The van der Waals surface area contributed by atoms with Crippen molar-refractivity contribution in [3.63, 3.8) is 0 Å². The van der Waals surface area contributed by atoms with Crippen LogP contribution in [-0.4, -0.2) is 46.6 Å². The van der Waals surface area contributed by atoms with Gasteiger partial charge in [-0.05, 0) is 48.6 Å². The van der Waals surface area contributed by atoms with Gasteiger partial charge in [0.2, 0.25) is 0 Å². The van der Waals surface area contributed by atoms with Gasteiger partial charge in [0.05, 0.1) is 16.9 Å². The SMILES string of the molecule is CCC1CN(c2cc(CC(C)C)cc(F)c2C(=N)/N=N\N)CCN1Cc1cccnn1. The molecule has 0 amide bonds. The average Bonchev–Trinajstić information content (AvgIpc) is 2.74. The molecule has 166 valence electrons. The minimum absolute atomic E-state index is 0.152. The van der Waals surface area contributed by atoms with Crippen molar-refractivity contribution in [3.8, 4) is 0 Å². The molecule has 8 nitrogen and oxygen atoms in total. The Bertz CT molecular complexity index is 915.